The molecule has 1 N–H and O–H groups in total. The Morgan fingerprint density at radius 3 is 2.62 bits per heavy atom. The molecule has 0 aromatic carbocycles. The average molecular weight is 229 g/mol. The van der Waals surface area contributed by atoms with Gasteiger partial charge < -0.3 is 14.7 Å². The van der Waals surface area contributed by atoms with E-state index in [9.17, 15) is 9.59 Å². The van der Waals surface area contributed by atoms with Crippen molar-refractivity contribution in [2.24, 2.45) is 11.8 Å². The highest BCUT2D eigenvalue weighted by Crippen LogP contribution is 2.23. The molecule has 1 saturated heterocycles. The predicted molar refractivity (Wildman–Crippen MR) is 58.0 cm³/mol. The topological polar surface area (TPSA) is 66.8 Å². The molecule has 0 saturated carbocycles. The summed E-state index contributed by atoms with van der Waals surface area (Å²) in [5.74, 6) is -0.186. The third-order valence-corrected chi connectivity index (χ3v) is 3.05. The monoisotopic (exact) mass is 229 g/mol. The number of hydrogen-bond acceptors (Lipinski definition) is 3. The fraction of sp³-hybridized carbons (Fsp3) is 0.818. The molecule has 1 aliphatic rings. The Morgan fingerprint density at radius 2 is 2.06 bits per heavy atom. The second-order valence-electron chi connectivity index (χ2n) is 4.39. The molecule has 0 bridgehead atoms. The van der Waals surface area contributed by atoms with E-state index in [1.807, 2.05) is 0 Å². The standard InChI is InChI=1S/C11H19NO4/c1-8-5-12(6-9(8)7-16-2)10(13)3-4-11(14)15/h8-9H,3-7H2,1-2H3,(H,14,15). The first kappa shape index (κ1) is 13.0. The zero-order valence-electron chi connectivity index (χ0n) is 9.81. The van der Waals surface area contributed by atoms with Crippen LogP contribution in [0.15, 0.2) is 0 Å². The molecule has 1 fully saturated rings. The SMILES string of the molecule is COCC1CN(C(=O)CCC(=O)O)CC1C. The normalized spacial score (nSPS) is 24.8. The minimum atomic E-state index is -0.922. The molecule has 0 spiro atoms. The summed E-state index contributed by atoms with van der Waals surface area (Å²) in [6.07, 6.45) is 0.0143. The van der Waals surface area contributed by atoms with Gasteiger partial charge >= 0.3 is 5.97 Å². The molecule has 1 amide bonds. The minimum Gasteiger partial charge on any atom is -0.481 e. The molecular formula is C11H19NO4. The molecule has 16 heavy (non-hydrogen) atoms. The van der Waals surface area contributed by atoms with Gasteiger partial charge in [0.15, 0.2) is 0 Å². The fourth-order valence-corrected chi connectivity index (χ4v) is 2.04. The Hall–Kier alpha value is -1.10. The molecule has 0 radical (unpaired) electrons. The van der Waals surface area contributed by atoms with E-state index in [-0.39, 0.29) is 18.7 Å². The Balaban J connectivity index is 2.39. The van der Waals surface area contributed by atoms with Gasteiger partial charge in [0.2, 0.25) is 5.91 Å². The van der Waals surface area contributed by atoms with Gasteiger partial charge in [-0.3, -0.25) is 9.59 Å². The van der Waals surface area contributed by atoms with Gasteiger partial charge in [0.05, 0.1) is 13.0 Å². The highest BCUT2D eigenvalue weighted by molar-refractivity contribution is 5.80. The average Bonchev–Trinajstić information content (AvgIpc) is 2.57. The molecule has 2 atom stereocenters. The zero-order valence-corrected chi connectivity index (χ0v) is 9.81. The zero-order chi connectivity index (χ0) is 12.1. The number of likely N-dealkylation sites (tertiary alicyclic amines) is 1. The first-order valence-electron chi connectivity index (χ1n) is 5.53. The highest BCUT2D eigenvalue weighted by atomic mass is 16.5. The number of hydrogen-bond donors (Lipinski definition) is 1. The van der Waals surface area contributed by atoms with Gasteiger partial charge in [0.1, 0.15) is 0 Å². The van der Waals surface area contributed by atoms with Crippen LogP contribution < -0.4 is 0 Å². The molecule has 1 heterocycles. The Labute approximate surface area is 95.4 Å². The molecule has 1 aliphatic heterocycles. The number of aliphatic carboxylic acids is 1. The van der Waals surface area contributed by atoms with E-state index in [2.05, 4.69) is 6.92 Å². The van der Waals surface area contributed by atoms with Gasteiger partial charge in [-0.25, -0.2) is 0 Å². The third kappa shape index (κ3) is 3.48. The molecule has 0 aromatic heterocycles. The summed E-state index contributed by atoms with van der Waals surface area (Å²) in [5, 5.41) is 8.50. The summed E-state index contributed by atoms with van der Waals surface area (Å²) >= 11 is 0. The van der Waals surface area contributed by atoms with E-state index < -0.39 is 5.97 Å². The maximum absolute atomic E-state index is 11.7. The first-order chi connectivity index (χ1) is 7.54. The van der Waals surface area contributed by atoms with E-state index in [1.54, 1.807) is 12.0 Å². The maximum Gasteiger partial charge on any atom is 0.303 e. The van der Waals surface area contributed by atoms with Gasteiger partial charge in [-0.2, -0.15) is 0 Å². The van der Waals surface area contributed by atoms with Crippen molar-refractivity contribution in [3.63, 3.8) is 0 Å². The molecule has 5 heteroatoms. The largest absolute Gasteiger partial charge is 0.481 e. The van der Waals surface area contributed by atoms with Gasteiger partial charge in [0, 0.05) is 32.5 Å². The number of ether oxygens (including phenoxy) is 1. The minimum absolute atomic E-state index is 0.0622. The number of carbonyl (C=O) groups is 2. The van der Waals surface area contributed by atoms with Crippen LogP contribution in [0.5, 0.6) is 0 Å². The van der Waals surface area contributed by atoms with Crippen molar-refractivity contribution < 1.29 is 19.4 Å². The molecule has 5 nitrogen and oxygen atoms in total. The number of rotatable bonds is 5. The quantitative estimate of drug-likeness (QED) is 0.749. The van der Waals surface area contributed by atoms with Crippen LogP contribution in [0.25, 0.3) is 0 Å². The summed E-state index contributed by atoms with van der Waals surface area (Å²) in [6.45, 7) is 4.15. The van der Waals surface area contributed by atoms with Crippen molar-refractivity contribution in [2.45, 2.75) is 19.8 Å². The number of amides is 1. The second-order valence-corrected chi connectivity index (χ2v) is 4.39. The van der Waals surface area contributed by atoms with Crippen molar-refractivity contribution in [3.05, 3.63) is 0 Å². The highest BCUT2D eigenvalue weighted by Gasteiger charge is 2.31. The summed E-state index contributed by atoms with van der Waals surface area (Å²) in [4.78, 5) is 23.8. The smallest absolute Gasteiger partial charge is 0.303 e. The molecule has 0 aromatic rings. The van der Waals surface area contributed by atoms with Crippen LogP contribution in [0.1, 0.15) is 19.8 Å². The Bertz CT molecular complexity index is 267. The first-order valence-corrected chi connectivity index (χ1v) is 5.53. The number of carboxylic acids is 1. The fourth-order valence-electron chi connectivity index (χ4n) is 2.04. The van der Waals surface area contributed by atoms with Gasteiger partial charge in [-0.1, -0.05) is 6.92 Å². The lowest BCUT2D eigenvalue weighted by Crippen LogP contribution is -2.29. The van der Waals surface area contributed by atoms with Crippen molar-refractivity contribution in [1.82, 2.24) is 4.90 Å². The number of nitrogens with zero attached hydrogens (tertiary/aromatic N) is 1. The van der Waals surface area contributed by atoms with Crippen LogP contribution in [0.4, 0.5) is 0 Å². The molecular weight excluding hydrogens is 210 g/mol. The summed E-state index contributed by atoms with van der Waals surface area (Å²) in [7, 11) is 1.65. The molecule has 0 aliphatic carbocycles. The van der Waals surface area contributed by atoms with E-state index >= 15 is 0 Å². The van der Waals surface area contributed by atoms with Crippen LogP contribution >= 0.6 is 0 Å². The number of carboxylic acid groups (broad SMARTS) is 1. The van der Waals surface area contributed by atoms with Gasteiger partial charge in [0.25, 0.3) is 0 Å². The van der Waals surface area contributed by atoms with E-state index in [0.29, 0.717) is 31.5 Å². The van der Waals surface area contributed by atoms with E-state index in [0.717, 1.165) is 0 Å². The Kier molecular flexibility index (Phi) is 4.73. The number of methoxy groups -OCH3 is 1. The molecule has 92 valence electrons. The summed E-state index contributed by atoms with van der Waals surface area (Å²) in [5.41, 5.74) is 0. The van der Waals surface area contributed by atoms with Crippen molar-refractivity contribution >= 4 is 11.9 Å². The van der Waals surface area contributed by atoms with Crippen molar-refractivity contribution in [3.8, 4) is 0 Å². The second kappa shape index (κ2) is 5.84. The van der Waals surface area contributed by atoms with Crippen molar-refractivity contribution in [1.29, 1.82) is 0 Å². The van der Waals surface area contributed by atoms with Gasteiger partial charge in [-0.15, -0.1) is 0 Å². The number of carbonyl (C=O) groups excluding carboxylic acids is 1. The van der Waals surface area contributed by atoms with E-state index in [1.165, 1.54) is 0 Å². The molecule has 1 rings (SSSR count). The summed E-state index contributed by atoms with van der Waals surface area (Å²) in [6, 6.07) is 0. The Morgan fingerprint density at radius 1 is 1.38 bits per heavy atom. The molecule has 2 unspecified atom stereocenters. The maximum atomic E-state index is 11.7. The van der Waals surface area contributed by atoms with Crippen LogP contribution in [0, 0.1) is 11.8 Å². The van der Waals surface area contributed by atoms with Crippen LogP contribution in [0.3, 0.4) is 0 Å². The lowest BCUT2D eigenvalue weighted by molar-refractivity contribution is -0.140. The third-order valence-electron chi connectivity index (χ3n) is 3.05. The lowest BCUT2D eigenvalue weighted by Gasteiger charge is -2.15. The van der Waals surface area contributed by atoms with Crippen LogP contribution in [-0.2, 0) is 14.3 Å². The van der Waals surface area contributed by atoms with Gasteiger partial charge in [-0.05, 0) is 5.92 Å². The van der Waals surface area contributed by atoms with Crippen LogP contribution in [-0.4, -0.2) is 48.7 Å². The van der Waals surface area contributed by atoms with Crippen LogP contribution in [0.2, 0.25) is 0 Å². The summed E-state index contributed by atoms with van der Waals surface area (Å²) < 4.78 is 5.09. The van der Waals surface area contributed by atoms with E-state index in [4.69, 9.17) is 9.84 Å². The lowest BCUT2D eigenvalue weighted by atomic mass is 10.00. The van der Waals surface area contributed by atoms with Crippen molar-refractivity contribution in [2.75, 3.05) is 26.8 Å². The predicted octanol–water partition coefficient (Wildman–Crippen LogP) is 0.592.